The molecule has 1 aromatic heterocycles. The quantitative estimate of drug-likeness (QED) is 0.840. The number of aryl methyl sites for hydroxylation is 2. The lowest BCUT2D eigenvalue weighted by Gasteiger charge is -2.27. The molecule has 6 nitrogen and oxygen atoms in total. The number of hydrogen-bond donors (Lipinski definition) is 0. The minimum Gasteiger partial charge on any atom is -0.497 e. The maximum absolute atomic E-state index is 5.70. The van der Waals surface area contributed by atoms with Gasteiger partial charge >= 0.3 is 0 Å². The molecular formula is C16H21N3O3. The number of rotatable bonds is 5. The van der Waals surface area contributed by atoms with E-state index in [1.165, 1.54) is 5.56 Å². The van der Waals surface area contributed by atoms with Crippen molar-refractivity contribution >= 4 is 0 Å². The number of hydrogen-bond acceptors (Lipinski definition) is 6. The Kier molecular flexibility index (Phi) is 4.70. The molecule has 0 radical (unpaired) electrons. The van der Waals surface area contributed by atoms with E-state index in [1.807, 2.05) is 12.1 Å². The number of ether oxygens (including phenoxy) is 2. The Bertz CT molecular complexity index is 597. The first-order chi connectivity index (χ1) is 10.7. The summed E-state index contributed by atoms with van der Waals surface area (Å²) in [6.07, 6.45) is 1.50. The maximum Gasteiger partial charge on any atom is 0.227 e. The lowest BCUT2D eigenvalue weighted by atomic mass is 10.1. The molecule has 0 saturated carbocycles. The van der Waals surface area contributed by atoms with Crippen LogP contribution in [0.3, 0.4) is 0 Å². The molecule has 2 heterocycles. The fourth-order valence-electron chi connectivity index (χ4n) is 2.48. The van der Waals surface area contributed by atoms with E-state index in [4.69, 9.17) is 14.0 Å². The highest BCUT2D eigenvalue weighted by atomic mass is 16.5. The summed E-state index contributed by atoms with van der Waals surface area (Å²) in [6.45, 7) is 2.45. The van der Waals surface area contributed by atoms with E-state index in [-0.39, 0.29) is 6.10 Å². The molecule has 2 aromatic rings. The zero-order valence-electron chi connectivity index (χ0n) is 13.0. The molecule has 0 aliphatic carbocycles. The van der Waals surface area contributed by atoms with Crippen molar-refractivity contribution in [2.24, 2.45) is 0 Å². The van der Waals surface area contributed by atoms with Gasteiger partial charge in [0.05, 0.1) is 13.7 Å². The number of morpholine rings is 1. The van der Waals surface area contributed by atoms with Crippen LogP contribution in [0, 0.1) is 0 Å². The van der Waals surface area contributed by atoms with Gasteiger partial charge in [0.2, 0.25) is 11.7 Å². The molecule has 3 rings (SSSR count). The van der Waals surface area contributed by atoms with E-state index in [0.29, 0.717) is 18.3 Å². The highest BCUT2D eigenvalue weighted by molar-refractivity contribution is 5.27. The van der Waals surface area contributed by atoms with Crippen LogP contribution in [0.15, 0.2) is 28.8 Å². The SMILES string of the molecule is COc1ccc(CCc2nc(C3CN(C)CCO3)no2)cc1. The molecule has 0 bridgehead atoms. The highest BCUT2D eigenvalue weighted by Crippen LogP contribution is 2.19. The van der Waals surface area contributed by atoms with Crippen molar-refractivity contribution in [3.05, 3.63) is 41.5 Å². The van der Waals surface area contributed by atoms with E-state index >= 15 is 0 Å². The average Bonchev–Trinajstić information content (AvgIpc) is 3.02. The minimum absolute atomic E-state index is 0.0859. The number of methoxy groups -OCH3 is 1. The Morgan fingerprint density at radius 2 is 2.09 bits per heavy atom. The fraction of sp³-hybridized carbons (Fsp3) is 0.500. The summed E-state index contributed by atoms with van der Waals surface area (Å²) < 4.78 is 16.2. The summed E-state index contributed by atoms with van der Waals surface area (Å²) in [4.78, 5) is 6.67. The van der Waals surface area contributed by atoms with E-state index in [1.54, 1.807) is 7.11 Å². The van der Waals surface area contributed by atoms with Crippen LogP contribution in [0.1, 0.15) is 23.4 Å². The summed E-state index contributed by atoms with van der Waals surface area (Å²) >= 11 is 0. The van der Waals surface area contributed by atoms with Crippen LogP contribution >= 0.6 is 0 Å². The van der Waals surface area contributed by atoms with Crippen LogP contribution in [-0.2, 0) is 17.6 Å². The maximum atomic E-state index is 5.70. The molecular weight excluding hydrogens is 282 g/mol. The number of aromatic nitrogens is 2. The predicted octanol–water partition coefficient (Wildman–Crippen LogP) is 1.87. The molecule has 1 aliphatic heterocycles. The van der Waals surface area contributed by atoms with E-state index in [9.17, 15) is 0 Å². The van der Waals surface area contributed by atoms with Gasteiger partial charge in [0, 0.05) is 19.5 Å². The van der Waals surface area contributed by atoms with Crippen LogP contribution in [0.5, 0.6) is 5.75 Å². The van der Waals surface area contributed by atoms with Gasteiger partial charge in [0.15, 0.2) is 0 Å². The molecule has 1 unspecified atom stereocenters. The second kappa shape index (κ2) is 6.89. The lowest BCUT2D eigenvalue weighted by molar-refractivity contribution is -0.0264. The monoisotopic (exact) mass is 303 g/mol. The highest BCUT2D eigenvalue weighted by Gasteiger charge is 2.24. The van der Waals surface area contributed by atoms with Gasteiger partial charge < -0.3 is 18.9 Å². The normalized spacial score (nSPS) is 19.3. The minimum atomic E-state index is -0.0859. The molecule has 1 atom stereocenters. The van der Waals surface area contributed by atoms with E-state index < -0.39 is 0 Å². The van der Waals surface area contributed by atoms with Crippen molar-refractivity contribution in [1.29, 1.82) is 0 Å². The second-order valence-corrected chi connectivity index (χ2v) is 5.52. The van der Waals surface area contributed by atoms with Gasteiger partial charge in [-0.2, -0.15) is 4.98 Å². The van der Waals surface area contributed by atoms with E-state index in [0.717, 1.165) is 31.7 Å². The van der Waals surface area contributed by atoms with Crippen molar-refractivity contribution in [3.63, 3.8) is 0 Å². The summed E-state index contributed by atoms with van der Waals surface area (Å²) in [7, 11) is 3.74. The molecule has 6 heteroatoms. The number of likely N-dealkylation sites (N-methyl/N-ethyl adjacent to an activating group) is 1. The average molecular weight is 303 g/mol. The Balaban J connectivity index is 1.57. The summed E-state index contributed by atoms with van der Waals surface area (Å²) in [5.41, 5.74) is 1.22. The molecule has 1 aromatic carbocycles. The first-order valence-electron chi connectivity index (χ1n) is 7.50. The topological polar surface area (TPSA) is 60.6 Å². The van der Waals surface area contributed by atoms with Gasteiger partial charge in [-0.3, -0.25) is 0 Å². The molecule has 22 heavy (non-hydrogen) atoms. The largest absolute Gasteiger partial charge is 0.497 e. The smallest absolute Gasteiger partial charge is 0.227 e. The second-order valence-electron chi connectivity index (χ2n) is 5.52. The van der Waals surface area contributed by atoms with Gasteiger partial charge in [-0.1, -0.05) is 17.3 Å². The first-order valence-corrected chi connectivity index (χ1v) is 7.50. The van der Waals surface area contributed by atoms with Gasteiger partial charge in [-0.25, -0.2) is 0 Å². The summed E-state index contributed by atoms with van der Waals surface area (Å²) in [5.74, 6) is 2.17. The molecule has 0 amide bonds. The molecule has 118 valence electrons. The number of benzene rings is 1. The van der Waals surface area contributed by atoms with Crippen LogP contribution in [-0.4, -0.2) is 48.9 Å². The van der Waals surface area contributed by atoms with Crippen molar-refractivity contribution < 1.29 is 14.0 Å². The molecule has 0 spiro atoms. The van der Waals surface area contributed by atoms with Crippen molar-refractivity contribution in [3.8, 4) is 5.75 Å². The van der Waals surface area contributed by atoms with Crippen LogP contribution in [0.4, 0.5) is 0 Å². The van der Waals surface area contributed by atoms with Crippen LogP contribution in [0.25, 0.3) is 0 Å². The Hall–Kier alpha value is -1.92. The van der Waals surface area contributed by atoms with Crippen LogP contribution in [0.2, 0.25) is 0 Å². The fourth-order valence-corrected chi connectivity index (χ4v) is 2.48. The summed E-state index contributed by atoms with van der Waals surface area (Å²) in [5, 5.41) is 4.06. The lowest BCUT2D eigenvalue weighted by Crippen LogP contribution is -2.35. The Labute approximate surface area is 130 Å². The van der Waals surface area contributed by atoms with Gasteiger partial charge in [-0.15, -0.1) is 0 Å². The van der Waals surface area contributed by atoms with E-state index in [2.05, 4.69) is 34.2 Å². The third kappa shape index (κ3) is 3.64. The third-order valence-corrected chi connectivity index (χ3v) is 3.83. The molecule has 1 saturated heterocycles. The van der Waals surface area contributed by atoms with Gasteiger partial charge in [0.25, 0.3) is 0 Å². The Morgan fingerprint density at radius 3 is 2.82 bits per heavy atom. The third-order valence-electron chi connectivity index (χ3n) is 3.83. The number of nitrogens with zero attached hydrogens (tertiary/aromatic N) is 3. The van der Waals surface area contributed by atoms with Gasteiger partial charge in [0.1, 0.15) is 11.9 Å². The summed E-state index contributed by atoms with van der Waals surface area (Å²) in [6, 6.07) is 8.02. The molecule has 0 N–H and O–H groups in total. The predicted molar refractivity (Wildman–Crippen MR) is 80.9 cm³/mol. The van der Waals surface area contributed by atoms with Crippen molar-refractivity contribution in [2.75, 3.05) is 33.9 Å². The molecule has 1 fully saturated rings. The molecule has 1 aliphatic rings. The van der Waals surface area contributed by atoms with Crippen molar-refractivity contribution in [1.82, 2.24) is 15.0 Å². The Morgan fingerprint density at radius 1 is 1.27 bits per heavy atom. The zero-order chi connectivity index (χ0) is 15.4. The van der Waals surface area contributed by atoms with Crippen molar-refractivity contribution in [2.45, 2.75) is 18.9 Å². The first kappa shape index (κ1) is 15.0. The van der Waals surface area contributed by atoms with Crippen LogP contribution < -0.4 is 4.74 Å². The standard InChI is InChI=1S/C16H21N3O3/c1-19-9-10-21-14(11-19)16-17-15(22-18-16)8-5-12-3-6-13(20-2)7-4-12/h3-4,6-7,14H,5,8-11H2,1-2H3. The zero-order valence-corrected chi connectivity index (χ0v) is 13.0. The van der Waals surface area contributed by atoms with Gasteiger partial charge in [-0.05, 0) is 31.2 Å².